The van der Waals surface area contributed by atoms with Crippen LogP contribution in [0.2, 0.25) is 0 Å². The van der Waals surface area contributed by atoms with Gasteiger partial charge in [-0.15, -0.1) is 0 Å². The summed E-state index contributed by atoms with van der Waals surface area (Å²) < 4.78 is 78.7. The van der Waals surface area contributed by atoms with Gasteiger partial charge in [0.1, 0.15) is 23.0 Å². The Kier molecular flexibility index (Phi) is 23.3. The van der Waals surface area contributed by atoms with Crippen molar-refractivity contribution in [3.8, 4) is 23.0 Å². The first-order valence-electron chi connectivity index (χ1n) is 21.7. The van der Waals surface area contributed by atoms with E-state index in [-0.39, 0.29) is 42.8 Å². The van der Waals surface area contributed by atoms with E-state index >= 15 is 0 Å². The predicted molar refractivity (Wildman–Crippen MR) is 261 cm³/mol. The van der Waals surface area contributed by atoms with Crippen LogP contribution in [0, 0.1) is 0 Å². The average Bonchev–Trinajstić information content (AvgIpc) is 4.09. The van der Waals surface area contributed by atoms with E-state index in [1.807, 2.05) is 97.1 Å². The number of aryl methyl sites for hydroxylation is 1. The zero-order chi connectivity index (χ0) is 48.5. The molecule has 0 amide bonds. The van der Waals surface area contributed by atoms with E-state index in [4.69, 9.17) is 29.2 Å². The molecule has 4 aromatic carbocycles. The molecule has 0 aliphatic rings. The van der Waals surface area contributed by atoms with Crippen molar-refractivity contribution >= 4 is 36.0 Å². The van der Waals surface area contributed by atoms with Gasteiger partial charge in [0, 0.05) is 51.3 Å². The van der Waals surface area contributed by atoms with Crippen LogP contribution in [0.25, 0.3) is 0 Å². The lowest BCUT2D eigenvalue weighted by Crippen LogP contribution is -2.32. The number of H-pyrrole nitrogens is 1. The molecule has 0 saturated heterocycles. The Labute approximate surface area is 403 Å². The third kappa shape index (κ3) is 17.4. The highest BCUT2D eigenvalue weighted by molar-refractivity contribution is 9.09. The number of sulfonamides is 2. The van der Waals surface area contributed by atoms with Gasteiger partial charge in [-0.1, -0.05) is 70.9 Å². The summed E-state index contributed by atoms with van der Waals surface area (Å²) in [6, 6.07) is 32.3. The maximum absolute atomic E-state index is 13.7. The van der Waals surface area contributed by atoms with E-state index in [9.17, 15) is 16.8 Å². The fraction of sp³-hybridized carbons (Fsp3) is 0.375. The molecule has 2 aromatic heterocycles. The van der Waals surface area contributed by atoms with E-state index in [0.29, 0.717) is 31.1 Å². The van der Waals surface area contributed by atoms with Crippen molar-refractivity contribution in [2.45, 2.75) is 81.3 Å². The van der Waals surface area contributed by atoms with Crippen LogP contribution in [0.4, 0.5) is 0 Å². The van der Waals surface area contributed by atoms with Crippen LogP contribution in [-0.4, -0.2) is 103 Å². The lowest BCUT2D eigenvalue weighted by Gasteiger charge is -2.23. The maximum Gasteiger partial charge on any atom is 0.260 e. The summed E-state index contributed by atoms with van der Waals surface area (Å²) in [5.74, 6) is 2.86. The molecule has 3 N–H and O–H groups in total. The lowest BCUT2D eigenvalue weighted by atomic mass is 10.2. The fourth-order valence-electron chi connectivity index (χ4n) is 6.49. The van der Waals surface area contributed by atoms with Crippen LogP contribution in [-0.2, 0) is 52.8 Å². The largest absolute Gasteiger partial charge is 0.497 e. The zero-order valence-electron chi connectivity index (χ0n) is 38.5. The summed E-state index contributed by atoms with van der Waals surface area (Å²) in [5, 5.41) is 29.1. The van der Waals surface area contributed by atoms with Gasteiger partial charge in [0.05, 0.1) is 40.8 Å². The summed E-state index contributed by atoms with van der Waals surface area (Å²) in [4.78, 5) is 0. The quantitative estimate of drug-likeness (QED) is 0.0372. The highest BCUT2D eigenvalue weighted by Crippen LogP contribution is 2.25. The lowest BCUT2D eigenvalue weighted by molar-refractivity contribution is 0.281. The van der Waals surface area contributed by atoms with Gasteiger partial charge in [0.15, 0.2) is 10.1 Å². The molecule has 0 unspecified atom stereocenters. The molecular formula is C48H63BrN6O10S2. The number of rotatable bonds is 25. The number of methoxy groups -OCH3 is 4. The van der Waals surface area contributed by atoms with Crippen molar-refractivity contribution in [2.24, 2.45) is 0 Å². The first kappa shape index (κ1) is 54.3. The van der Waals surface area contributed by atoms with Gasteiger partial charge in [0.25, 0.3) is 20.0 Å². The molecule has 6 rings (SSSR count). The third-order valence-corrected chi connectivity index (χ3v) is 14.4. The second-order valence-corrected chi connectivity index (χ2v) is 19.6. The molecule has 16 nitrogen and oxygen atoms in total. The Bertz CT molecular complexity index is 2390. The number of nitrogens with one attached hydrogen (secondary N) is 1. The molecule has 6 aromatic rings. The molecule has 0 spiro atoms. The first-order chi connectivity index (χ1) is 32.4. The van der Waals surface area contributed by atoms with Gasteiger partial charge in [0.2, 0.25) is 0 Å². The zero-order valence-corrected chi connectivity index (χ0v) is 41.8. The minimum atomic E-state index is -3.84. The van der Waals surface area contributed by atoms with Gasteiger partial charge in [-0.25, -0.2) is 16.8 Å². The highest BCUT2D eigenvalue weighted by atomic mass is 79.9. The molecule has 2 heterocycles. The topological polar surface area (TPSA) is 199 Å². The summed E-state index contributed by atoms with van der Waals surface area (Å²) in [6.45, 7) is 1.78. The number of aliphatic hydroxyl groups is 2. The third-order valence-electron chi connectivity index (χ3n) is 10.3. The number of alkyl halides is 1. The molecule has 0 radical (unpaired) electrons. The van der Waals surface area contributed by atoms with Crippen LogP contribution in [0.3, 0.4) is 0 Å². The molecule has 364 valence electrons. The van der Waals surface area contributed by atoms with E-state index in [2.05, 4.69) is 31.2 Å². The van der Waals surface area contributed by atoms with Crippen molar-refractivity contribution in [3.63, 3.8) is 0 Å². The van der Waals surface area contributed by atoms with Crippen LogP contribution < -0.4 is 18.9 Å². The second kappa shape index (κ2) is 28.8. The number of aromatic nitrogens is 4. The van der Waals surface area contributed by atoms with Crippen molar-refractivity contribution in [1.82, 2.24) is 28.6 Å². The first-order valence-corrected chi connectivity index (χ1v) is 25.7. The smallest absolute Gasteiger partial charge is 0.260 e. The van der Waals surface area contributed by atoms with Crippen LogP contribution in [0.1, 0.15) is 60.8 Å². The maximum atomic E-state index is 13.7. The van der Waals surface area contributed by atoms with E-state index in [1.165, 1.54) is 44.2 Å². The van der Waals surface area contributed by atoms with Crippen molar-refractivity contribution in [2.75, 3.05) is 47.0 Å². The number of nitrogens with zero attached hydrogens (tertiary/aromatic N) is 5. The number of aliphatic hydroxyl groups excluding tert-OH is 2. The Balaban J connectivity index is 0.000000260. The second-order valence-electron chi connectivity index (χ2n) is 15.0. The fourth-order valence-corrected chi connectivity index (χ4v) is 9.74. The molecule has 19 heteroatoms. The molecule has 67 heavy (non-hydrogen) atoms. The number of halogens is 1. The number of benzene rings is 4. The highest BCUT2D eigenvalue weighted by Gasteiger charge is 2.29. The Morgan fingerprint density at radius 3 is 1.25 bits per heavy atom. The standard InChI is InChI=1S/C24H31N3O5S.C19H21N3O4S.C5H11BrO/c1-31-22-10-6-20(7-11-22)18-26(19-21-8-12-23(32-2)13-9-21)33(29,30)24-14-15-25-27(24)16-4-3-5-17-28;1-25-17-7-3-15(4-8-17)13-22(27(23,24)19-11-12-20-21-19)14-16-5-9-18(26-2)10-6-16;6-4-2-1-3-5-7/h6-15,28H,3-5,16-19H2,1-2H3;3-12H,13-14H2,1-2H3,(H,20,21);7H,1-5H2. The van der Waals surface area contributed by atoms with Crippen LogP contribution in [0.15, 0.2) is 132 Å². The molecule has 0 bridgehead atoms. The number of hydrogen-bond acceptors (Lipinski definition) is 12. The molecular weight excluding hydrogens is 965 g/mol. The minimum Gasteiger partial charge on any atom is -0.497 e. The van der Waals surface area contributed by atoms with E-state index in [1.54, 1.807) is 28.4 Å². The molecule has 0 aliphatic carbocycles. The Morgan fingerprint density at radius 1 is 0.522 bits per heavy atom. The summed E-state index contributed by atoms with van der Waals surface area (Å²) in [5.41, 5.74) is 3.41. The van der Waals surface area contributed by atoms with Crippen LogP contribution in [0.5, 0.6) is 23.0 Å². The van der Waals surface area contributed by atoms with Crippen molar-refractivity contribution in [3.05, 3.63) is 144 Å². The van der Waals surface area contributed by atoms with Crippen molar-refractivity contribution in [1.29, 1.82) is 0 Å². The van der Waals surface area contributed by atoms with Gasteiger partial charge in [-0.05, 0) is 115 Å². The minimum absolute atomic E-state index is 0.0597. The van der Waals surface area contributed by atoms with Gasteiger partial charge in [-0.3, -0.25) is 9.78 Å². The molecule has 0 atom stereocenters. The van der Waals surface area contributed by atoms with Gasteiger partial charge < -0.3 is 29.2 Å². The van der Waals surface area contributed by atoms with Crippen LogP contribution >= 0.6 is 15.9 Å². The summed E-state index contributed by atoms with van der Waals surface area (Å²) in [7, 11) is -1.20. The Morgan fingerprint density at radius 2 is 0.910 bits per heavy atom. The van der Waals surface area contributed by atoms with E-state index in [0.717, 1.165) is 64.8 Å². The number of ether oxygens (including phenoxy) is 4. The molecule has 0 aliphatic heterocycles. The van der Waals surface area contributed by atoms with Crippen molar-refractivity contribution < 1.29 is 46.0 Å². The summed E-state index contributed by atoms with van der Waals surface area (Å²) >= 11 is 3.30. The number of unbranched alkanes of at least 4 members (excludes halogenated alkanes) is 4. The summed E-state index contributed by atoms with van der Waals surface area (Å²) in [6.07, 6.45) is 8.43. The predicted octanol–water partition coefficient (Wildman–Crippen LogP) is 7.82. The number of aromatic amines is 1. The SMILES string of the molecule is COc1ccc(CN(Cc2ccc(OC)cc2)S(=O)(=O)c2ccn[nH]2)cc1.COc1ccc(CN(Cc2ccc(OC)cc2)S(=O)(=O)c2ccnn2CCCCCO)cc1.OCCCCCBr. The van der Waals surface area contributed by atoms with Gasteiger partial charge >= 0.3 is 0 Å². The average molecular weight is 1030 g/mol. The monoisotopic (exact) mass is 1030 g/mol. The van der Waals surface area contributed by atoms with Gasteiger partial charge in [-0.2, -0.15) is 18.8 Å². The molecule has 0 saturated carbocycles. The molecule has 0 fully saturated rings. The normalized spacial score (nSPS) is 11.4. The van der Waals surface area contributed by atoms with E-state index < -0.39 is 20.0 Å². The Hall–Kier alpha value is -5.28. The number of hydrogen-bond donors (Lipinski definition) is 3.